The van der Waals surface area contributed by atoms with Gasteiger partial charge in [0.05, 0.1) is 6.04 Å². The summed E-state index contributed by atoms with van der Waals surface area (Å²) >= 11 is 0. The molecule has 98 valence electrons. The van der Waals surface area contributed by atoms with Crippen molar-refractivity contribution in [2.45, 2.75) is 50.5 Å². The highest BCUT2D eigenvalue weighted by Crippen LogP contribution is 2.43. The summed E-state index contributed by atoms with van der Waals surface area (Å²) in [7, 11) is 0. The Bertz CT molecular complexity index is 391. The number of rotatable bonds is 4. The number of nitrogens with two attached hydrogens (primary N) is 1. The third-order valence-electron chi connectivity index (χ3n) is 4.31. The van der Waals surface area contributed by atoms with Crippen molar-refractivity contribution in [2.24, 2.45) is 5.84 Å². The Kier molecular flexibility index (Phi) is 4.20. The fourth-order valence-electron chi connectivity index (χ4n) is 3.47. The van der Waals surface area contributed by atoms with Crippen LogP contribution in [0.4, 0.5) is 0 Å². The van der Waals surface area contributed by atoms with Gasteiger partial charge < -0.3 is 0 Å². The molecule has 0 radical (unpaired) electrons. The molecule has 0 bridgehead atoms. The molecule has 0 aliphatic heterocycles. The summed E-state index contributed by atoms with van der Waals surface area (Å²) in [6.07, 6.45) is 6.28. The minimum absolute atomic E-state index is 0.125. The number of nitrogens with one attached hydrogen (secondary N) is 1. The molecule has 0 spiro atoms. The Morgan fingerprint density at radius 3 is 2.33 bits per heavy atom. The van der Waals surface area contributed by atoms with Gasteiger partial charge in [-0.3, -0.25) is 11.3 Å². The molecule has 1 aliphatic carbocycles. The summed E-state index contributed by atoms with van der Waals surface area (Å²) < 4.78 is 0. The summed E-state index contributed by atoms with van der Waals surface area (Å²) in [5.41, 5.74) is 5.66. The van der Waals surface area contributed by atoms with E-state index in [-0.39, 0.29) is 11.5 Å². The van der Waals surface area contributed by atoms with E-state index in [0.29, 0.717) is 0 Å². The molecule has 2 nitrogen and oxygen atoms in total. The van der Waals surface area contributed by atoms with Gasteiger partial charge in [-0.15, -0.1) is 0 Å². The molecule has 3 N–H and O–H groups in total. The van der Waals surface area contributed by atoms with Crippen LogP contribution in [0, 0.1) is 0 Å². The Morgan fingerprint density at radius 1 is 1.22 bits per heavy atom. The fraction of sp³-hybridized carbons (Fsp3) is 0.500. The predicted octanol–water partition coefficient (Wildman–Crippen LogP) is 3.30. The Hall–Kier alpha value is -1.12. The van der Waals surface area contributed by atoms with Gasteiger partial charge in [0.1, 0.15) is 0 Å². The van der Waals surface area contributed by atoms with Gasteiger partial charge in [-0.05, 0) is 25.3 Å². The Labute approximate surface area is 110 Å². The van der Waals surface area contributed by atoms with Crippen LogP contribution in [0.25, 0.3) is 0 Å². The van der Waals surface area contributed by atoms with E-state index in [4.69, 9.17) is 5.84 Å². The molecule has 0 amide bonds. The molecule has 1 aliphatic rings. The maximum Gasteiger partial charge on any atom is 0.0511 e. The molecule has 2 rings (SSSR count). The quantitative estimate of drug-likeness (QED) is 0.484. The molecule has 1 unspecified atom stereocenters. The van der Waals surface area contributed by atoms with E-state index in [1.165, 1.54) is 37.7 Å². The van der Waals surface area contributed by atoms with Gasteiger partial charge in [-0.25, -0.2) is 0 Å². The highest BCUT2D eigenvalue weighted by molar-refractivity contribution is 5.32. The van der Waals surface area contributed by atoms with Gasteiger partial charge in [-0.2, -0.15) is 0 Å². The molecule has 1 saturated carbocycles. The first-order valence-corrected chi connectivity index (χ1v) is 6.88. The highest BCUT2D eigenvalue weighted by Gasteiger charge is 2.41. The van der Waals surface area contributed by atoms with Crippen LogP contribution in [0.3, 0.4) is 0 Å². The van der Waals surface area contributed by atoms with Crippen LogP contribution in [-0.4, -0.2) is 6.04 Å². The van der Waals surface area contributed by atoms with E-state index in [9.17, 15) is 0 Å². The summed E-state index contributed by atoms with van der Waals surface area (Å²) in [6.45, 7) is 6.20. The van der Waals surface area contributed by atoms with Gasteiger partial charge in [0.25, 0.3) is 0 Å². The van der Waals surface area contributed by atoms with Gasteiger partial charge in [0, 0.05) is 5.41 Å². The lowest BCUT2D eigenvalue weighted by molar-refractivity contribution is 0.234. The first kappa shape index (κ1) is 13.3. The lowest BCUT2D eigenvalue weighted by Crippen LogP contribution is -2.52. The van der Waals surface area contributed by atoms with Crippen molar-refractivity contribution < 1.29 is 0 Å². The second kappa shape index (κ2) is 5.68. The molecule has 0 aromatic heterocycles. The Balaban J connectivity index is 2.43. The van der Waals surface area contributed by atoms with Crippen molar-refractivity contribution in [2.75, 3.05) is 0 Å². The maximum absolute atomic E-state index is 5.82. The molecule has 1 aromatic carbocycles. The van der Waals surface area contributed by atoms with E-state index in [2.05, 4.69) is 49.3 Å². The molecule has 1 fully saturated rings. The largest absolute Gasteiger partial charge is 0.271 e. The average molecular weight is 244 g/mol. The maximum atomic E-state index is 5.82. The molecule has 1 aromatic rings. The van der Waals surface area contributed by atoms with Crippen LogP contribution < -0.4 is 11.3 Å². The van der Waals surface area contributed by atoms with Crippen molar-refractivity contribution in [3.8, 4) is 0 Å². The highest BCUT2D eigenvalue weighted by atomic mass is 15.2. The zero-order valence-corrected chi connectivity index (χ0v) is 11.3. The number of hydrazine groups is 1. The van der Waals surface area contributed by atoms with Crippen LogP contribution >= 0.6 is 0 Å². The average Bonchev–Trinajstić information content (AvgIpc) is 2.41. The predicted molar refractivity (Wildman–Crippen MR) is 77.1 cm³/mol. The van der Waals surface area contributed by atoms with Crippen LogP contribution in [-0.2, 0) is 5.41 Å². The van der Waals surface area contributed by atoms with E-state index >= 15 is 0 Å². The van der Waals surface area contributed by atoms with Gasteiger partial charge >= 0.3 is 0 Å². The standard InChI is InChI=1S/C16H24N2/c1-13(2)15(18-17)16(11-7-4-8-12-16)14-9-5-3-6-10-14/h3,5-6,9-10,15,18H,1,4,7-8,11-12,17H2,2H3. The normalized spacial score (nSPS) is 20.3. The van der Waals surface area contributed by atoms with Crippen molar-refractivity contribution in [1.29, 1.82) is 0 Å². The van der Waals surface area contributed by atoms with Crippen molar-refractivity contribution in [3.63, 3.8) is 0 Å². The molecule has 0 saturated heterocycles. The molecule has 2 heteroatoms. The third-order valence-corrected chi connectivity index (χ3v) is 4.31. The SMILES string of the molecule is C=C(C)C(NN)C1(c2ccccc2)CCCCC1. The summed E-state index contributed by atoms with van der Waals surface area (Å²) in [5.74, 6) is 5.82. The van der Waals surface area contributed by atoms with Gasteiger partial charge in [0.15, 0.2) is 0 Å². The monoisotopic (exact) mass is 244 g/mol. The molecule has 1 atom stereocenters. The van der Waals surface area contributed by atoms with Gasteiger partial charge in [-0.1, -0.05) is 61.7 Å². The van der Waals surface area contributed by atoms with E-state index in [1.807, 2.05) is 0 Å². The Morgan fingerprint density at radius 2 is 1.83 bits per heavy atom. The first-order valence-electron chi connectivity index (χ1n) is 6.88. The number of hydrogen-bond donors (Lipinski definition) is 2. The summed E-state index contributed by atoms with van der Waals surface area (Å²) in [5, 5.41) is 0. The van der Waals surface area contributed by atoms with Crippen LogP contribution in [0.15, 0.2) is 42.5 Å². The van der Waals surface area contributed by atoms with E-state index < -0.39 is 0 Å². The number of benzene rings is 1. The summed E-state index contributed by atoms with van der Waals surface area (Å²) in [6, 6.07) is 11.0. The lowest BCUT2D eigenvalue weighted by Gasteiger charge is -2.44. The summed E-state index contributed by atoms with van der Waals surface area (Å²) in [4.78, 5) is 0. The third kappa shape index (κ3) is 2.36. The second-order valence-electron chi connectivity index (χ2n) is 5.53. The second-order valence-corrected chi connectivity index (χ2v) is 5.53. The molecular formula is C16H24N2. The van der Waals surface area contributed by atoms with Crippen LogP contribution in [0.2, 0.25) is 0 Å². The molecule has 0 heterocycles. The fourth-order valence-corrected chi connectivity index (χ4v) is 3.47. The molecule has 18 heavy (non-hydrogen) atoms. The zero-order chi connectivity index (χ0) is 13.0. The lowest BCUT2D eigenvalue weighted by atomic mass is 9.63. The van der Waals surface area contributed by atoms with Gasteiger partial charge in [0.2, 0.25) is 0 Å². The number of hydrogen-bond acceptors (Lipinski definition) is 2. The van der Waals surface area contributed by atoms with Crippen LogP contribution in [0.1, 0.15) is 44.6 Å². The molecular weight excluding hydrogens is 220 g/mol. The minimum Gasteiger partial charge on any atom is -0.271 e. The van der Waals surface area contributed by atoms with E-state index in [1.54, 1.807) is 0 Å². The topological polar surface area (TPSA) is 38.0 Å². The van der Waals surface area contributed by atoms with Crippen molar-refractivity contribution in [1.82, 2.24) is 5.43 Å². The minimum atomic E-state index is 0.125. The van der Waals surface area contributed by atoms with Crippen molar-refractivity contribution in [3.05, 3.63) is 48.0 Å². The van der Waals surface area contributed by atoms with E-state index in [0.717, 1.165) is 5.57 Å². The zero-order valence-electron chi connectivity index (χ0n) is 11.3. The van der Waals surface area contributed by atoms with Crippen molar-refractivity contribution >= 4 is 0 Å². The van der Waals surface area contributed by atoms with Crippen LogP contribution in [0.5, 0.6) is 0 Å². The first-order chi connectivity index (χ1) is 8.70. The smallest absolute Gasteiger partial charge is 0.0511 e.